The molecule has 0 saturated heterocycles. The van der Waals surface area contributed by atoms with Crippen molar-refractivity contribution in [1.82, 2.24) is 5.32 Å². The number of carbonyl (C=O) groups excluding carboxylic acids is 1. The van der Waals surface area contributed by atoms with E-state index in [1.165, 1.54) is 5.56 Å². The molecule has 3 rings (SSSR count). The number of anilines is 1. The van der Waals surface area contributed by atoms with Crippen LogP contribution in [0.4, 0.5) is 5.69 Å². The second kappa shape index (κ2) is 8.11. The van der Waals surface area contributed by atoms with Crippen LogP contribution in [0.15, 0.2) is 66.7 Å². The van der Waals surface area contributed by atoms with E-state index in [4.69, 9.17) is 12.2 Å². The van der Waals surface area contributed by atoms with Gasteiger partial charge in [-0.2, -0.15) is 0 Å². The molecule has 1 atom stereocenters. The molecule has 0 bridgehead atoms. The van der Waals surface area contributed by atoms with E-state index in [9.17, 15) is 4.79 Å². The third-order valence-electron chi connectivity index (χ3n) is 4.59. The normalized spacial score (nSPS) is 11.8. The number of carbonyl (C=O) groups is 1. The van der Waals surface area contributed by atoms with Gasteiger partial charge in [-0.1, -0.05) is 62.4 Å². The molecule has 1 amide bonds. The summed E-state index contributed by atoms with van der Waals surface area (Å²) in [7, 11) is 0. The first-order valence-corrected chi connectivity index (χ1v) is 9.19. The van der Waals surface area contributed by atoms with E-state index in [1.54, 1.807) is 0 Å². The van der Waals surface area contributed by atoms with E-state index in [2.05, 4.69) is 30.5 Å². The second-order valence-electron chi connectivity index (χ2n) is 6.37. The van der Waals surface area contributed by atoms with Crippen molar-refractivity contribution in [2.24, 2.45) is 0 Å². The highest BCUT2D eigenvalue weighted by Crippen LogP contribution is 2.26. The summed E-state index contributed by atoms with van der Waals surface area (Å²) in [6.07, 6.45) is 1.04. The Kier molecular flexibility index (Phi) is 5.64. The highest BCUT2D eigenvalue weighted by atomic mass is 32.1. The molecule has 4 heteroatoms. The maximum Gasteiger partial charge on any atom is 0.257 e. The van der Waals surface area contributed by atoms with E-state index in [-0.39, 0.29) is 5.91 Å². The minimum atomic E-state index is -0.214. The molecule has 0 fully saturated rings. The van der Waals surface area contributed by atoms with E-state index in [0.717, 1.165) is 22.9 Å². The van der Waals surface area contributed by atoms with Gasteiger partial charge in [0.1, 0.15) is 0 Å². The Balaban J connectivity index is 1.72. The number of benzene rings is 3. The minimum absolute atomic E-state index is 0.214. The number of hydrogen-bond acceptors (Lipinski definition) is 2. The first-order valence-electron chi connectivity index (χ1n) is 8.78. The van der Waals surface area contributed by atoms with Crippen LogP contribution in [-0.4, -0.2) is 11.0 Å². The highest BCUT2D eigenvalue weighted by Gasteiger charge is 2.12. The largest absolute Gasteiger partial charge is 0.332 e. The second-order valence-corrected chi connectivity index (χ2v) is 6.77. The van der Waals surface area contributed by atoms with Crippen molar-refractivity contribution in [2.45, 2.75) is 26.2 Å². The molecule has 0 heterocycles. The fourth-order valence-electron chi connectivity index (χ4n) is 2.92. The SMILES string of the molecule is CCC(C)c1ccccc1NC(=S)NC(=O)c1ccc2ccccc2c1. The zero-order valence-electron chi connectivity index (χ0n) is 15.0. The van der Waals surface area contributed by atoms with Gasteiger partial charge in [0, 0.05) is 11.3 Å². The summed E-state index contributed by atoms with van der Waals surface area (Å²) in [5.41, 5.74) is 2.71. The smallest absolute Gasteiger partial charge is 0.257 e. The van der Waals surface area contributed by atoms with E-state index in [0.29, 0.717) is 16.6 Å². The molecular formula is C22H22N2OS. The van der Waals surface area contributed by atoms with Crippen LogP contribution >= 0.6 is 12.2 Å². The Hall–Kier alpha value is -2.72. The third kappa shape index (κ3) is 4.09. The molecule has 0 aliphatic heterocycles. The molecule has 0 saturated carbocycles. The van der Waals surface area contributed by atoms with E-state index < -0.39 is 0 Å². The van der Waals surface area contributed by atoms with Gasteiger partial charge in [0.15, 0.2) is 5.11 Å². The van der Waals surface area contributed by atoms with Crippen molar-refractivity contribution >= 4 is 39.7 Å². The Morgan fingerprint density at radius 1 is 1.00 bits per heavy atom. The van der Waals surface area contributed by atoms with Crippen LogP contribution in [0.5, 0.6) is 0 Å². The summed E-state index contributed by atoms with van der Waals surface area (Å²) < 4.78 is 0. The lowest BCUT2D eigenvalue weighted by Gasteiger charge is -2.17. The summed E-state index contributed by atoms with van der Waals surface area (Å²) in [5, 5.41) is 8.38. The highest BCUT2D eigenvalue weighted by molar-refractivity contribution is 7.80. The molecule has 3 aromatic carbocycles. The monoisotopic (exact) mass is 362 g/mol. The lowest BCUT2D eigenvalue weighted by Crippen LogP contribution is -2.34. The fourth-order valence-corrected chi connectivity index (χ4v) is 3.12. The number of amides is 1. The molecule has 0 aromatic heterocycles. The van der Waals surface area contributed by atoms with Gasteiger partial charge >= 0.3 is 0 Å². The molecule has 1 unspecified atom stereocenters. The van der Waals surface area contributed by atoms with Gasteiger partial charge in [0.2, 0.25) is 0 Å². The van der Waals surface area contributed by atoms with Gasteiger partial charge in [-0.3, -0.25) is 10.1 Å². The van der Waals surface area contributed by atoms with Gasteiger partial charge in [0.25, 0.3) is 5.91 Å². The van der Waals surface area contributed by atoms with Crippen molar-refractivity contribution in [3.05, 3.63) is 77.9 Å². The van der Waals surface area contributed by atoms with Gasteiger partial charge < -0.3 is 5.32 Å². The Morgan fingerprint density at radius 3 is 2.46 bits per heavy atom. The number of nitrogens with one attached hydrogen (secondary N) is 2. The van der Waals surface area contributed by atoms with Gasteiger partial charge in [-0.25, -0.2) is 0 Å². The Morgan fingerprint density at radius 2 is 1.69 bits per heavy atom. The van der Waals surface area contributed by atoms with Crippen LogP contribution < -0.4 is 10.6 Å². The molecule has 132 valence electrons. The molecule has 0 aliphatic carbocycles. The number of para-hydroxylation sites is 1. The maximum atomic E-state index is 12.5. The van der Waals surface area contributed by atoms with E-state index in [1.807, 2.05) is 60.7 Å². The summed E-state index contributed by atoms with van der Waals surface area (Å²) in [6, 6.07) is 21.6. The molecule has 26 heavy (non-hydrogen) atoms. The van der Waals surface area contributed by atoms with Gasteiger partial charge in [-0.15, -0.1) is 0 Å². The summed E-state index contributed by atoms with van der Waals surface area (Å²) in [4.78, 5) is 12.5. The zero-order valence-corrected chi connectivity index (χ0v) is 15.8. The number of thiocarbonyl (C=S) groups is 1. The third-order valence-corrected chi connectivity index (χ3v) is 4.80. The van der Waals surface area contributed by atoms with Crippen LogP contribution in [0.1, 0.15) is 42.1 Å². The Bertz CT molecular complexity index is 952. The quantitative estimate of drug-likeness (QED) is 0.604. The van der Waals surface area contributed by atoms with Crippen LogP contribution in [0, 0.1) is 0 Å². The number of rotatable bonds is 4. The van der Waals surface area contributed by atoms with Crippen LogP contribution in [-0.2, 0) is 0 Å². The predicted molar refractivity (Wildman–Crippen MR) is 113 cm³/mol. The first-order chi connectivity index (χ1) is 12.6. The molecule has 2 N–H and O–H groups in total. The van der Waals surface area contributed by atoms with Crippen LogP contribution in [0.3, 0.4) is 0 Å². The van der Waals surface area contributed by atoms with E-state index >= 15 is 0 Å². The lowest BCUT2D eigenvalue weighted by molar-refractivity contribution is 0.0978. The van der Waals surface area contributed by atoms with Crippen molar-refractivity contribution in [2.75, 3.05) is 5.32 Å². The van der Waals surface area contributed by atoms with Crippen molar-refractivity contribution in [3.8, 4) is 0 Å². The summed E-state index contributed by atoms with van der Waals surface area (Å²) >= 11 is 5.35. The molecule has 0 spiro atoms. The van der Waals surface area contributed by atoms with Gasteiger partial charge in [0.05, 0.1) is 0 Å². The lowest BCUT2D eigenvalue weighted by atomic mass is 9.97. The Labute approximate surface area is 159 Å². The van der Waals surface area contributed by atoms with Crippen LogP contribution in [0.2, 0.25) is 0 Å². The molecule has 3 nitrogen and oxygen atoms in total. The van der Waals surface area contributed by atoms with Crippen molar-refractivity contribution < 1.29 is 4.79 Å². The van der Waals surface area contributed by atoms with Crippen LogP contribution in [0.25, 0.3) is 10.8 Å². The average molecular weight is 362 g/mol. The standard InChI is InChI=1S/C22H22N2OS/c1-3-15(2)19-10-6-7-11-20(19)23-22(26)24-21(25)18-13-12-16-8-4-5-9-17(16)14-18/h4-15H,3H2,1-2H3,(H2,23,24,25,26). The topological polar surface area (TPSA) is 41.1 Å². The molecule has 0 aliphatic rings. The number of hydrogen-bond donors (Lipinski definition) is 2. The van der Waals surface area contributed by atoms with Crippen molar-refractivity contribution in [1.29, 1.82) is 0 Å². The predicted octanol–water partition coefficient (Wildman–Crippen LogP) is 5.48. The number of fused-ring (bicyclic) bond motifs is 1. The van der Waals surface area contributed by atoms with Crippen molar-refractivity contribution in [3.63, 3.8) is 0 Å². The minimum Gasteiger partial charge on any atom is -0.332 e. The average Bonchev–Trinajstić information content (AvgIpc) is 2.67. The summed E-state index contributed by atoms with van der Waals surface area (Å²) in [6.45, 7) is 4.33. The summed E-state index contributed by atoms with van der Waals surface area (Å²) in [5.74, 6) is 0.201. The first kappa shape index (κ1) is 18.1. The molecular weight excluding hydrogens is 340 g/mol. The van der Waals surface area contributed by atoms with Gasteiger partial charge in [-0.05, 0) is 59.1 Å². The fraction of sp³-hybridized carbons (Fsp3) is 0.182. The molecule has 3 aromatic rings. The zero-order chi connectivity index (χ0) is 18.5. The maximum absolute atomic E-state index is 12.5. The molecule has 0 radical (unpaired) electrons.